The molecule has 0 bridgehead atoms. The van der Waals surface area contributed by atoms with Gasteiger partial charge in [-0.2, -0.15) is 0 Å². The topological polar surface area (TPSA) is 26.3 Å². The number of rotatable bonds is 3. The van der Waals surface area contributed by atoms with Crippen LogP contribution in [0.25, 0.3) is 0 Å². The number of hydrogen-bond donors (Lipinski definition) is 0. The molecule has 1 saturated carbocycles. The van der Waals surface area contributed by atoms with Gasteiger partial charge in [0.1, 0.15) is 5.60 Å². The van der Waals surface area contributed by atoms with Crippen molar-refractivity contribution < 1.29 is 9.53 Å². The number of ether oxygens (including phenoxy) is 1. The highest BCUT2D eigenvalue weighted by molar-refractivity contribution is 5.67. The lowest BCUT2D eigenvalue weighted by molar-refractivity contribution is -0.177. The minimum Gasteiger partial charge on any atom is -0.454 e. The van der Waals surface area contributed by atoms with Crippen LogP contribution in [0.1, 0.15) is 52.5 Å². The molecule has 0 amide bonds. The van der Waals surface area contributed by atoms with Gasteiger partial charge in [-0.15, -0.1) is 0 Å². The summed E-state index contributed by atoms with van der Waals surface area (Å²) < 4.78 is 5.97. The summed E-state index contributed by atoms with van der Waals surface area (Å²) in [6.07, 6.45) is 3.28. The summed E-state index contributed by atoms with van der Waals surface area (Å²) in [5.41, 5.74) is 0.708. The van der Waals surface area contributed by atoms with Crippen molar-refractivity contribution in [3.05, 3.63) is 35.9 Å². The Hall–Kier alpha value is -1.31. The van der Waals surface area contributed by atoms with Crippen molar-refractivity contribution >= 4 is 5.97 Å². The summed E-state index contributed by atoms with van der Waals surface area (Å²) in [7, 11) is 0. The first-order valence-electron chi connectivity index (χ1n) is 7.71. The fraction of sp³-hybridized carbons (Fsp3) is 0.611. The molecule has 0 saturated heterocycles. The third kappa shape index (κ3) is 2.89. The van der Waals surface area contributed by atoms with Gasteiger partial charge in [-0.1, -0.05) is 57.5 Å². The van der Waals surface area contributed by atoms with E-state index < -0.39 is 5.60 Å². The van der Waals surface area contributed by atoms with Crippen molar-refractivity contribution in [1.29, 1.82) is 0 Å². The van der Waals surface area contributed by atoms with E-state index in [1.54, 1.807) is 0 Å². The Balaban J connectivity index is 2.49. The van der Waals surface area contributed by atoms with Crippen LogP contribution in [0, 0.1) is 17.8 Å². The van der Waals surface area contributed by atoms with Crippen LogP contribution in [0.4, 0.5) is 0 Å². The average Bonchev–Trinajstić information content (AvgIpc) is 2.38. The van der Waals surface area contributed by atoms with Gasteiger partial charge < -0.3 is 4.74 Å². The van der Waals surface area contributed by atoms with Gasteiger partial charge in [-0.05, 0) is 30.2 Å². The quantitative estimate of drug-likeness (QED) is 0.757. The van der Waals surface area contributed by atoms with Gasteiger partial charge in [0.05, 0.1) is 0 Å². The zero-order chi connectivity index (χ0) is 14.8. The van der Waals surface area contributed by atoms with Gasteiger partial charge in [0.2, 0.25) is 0 Å². The van der Waals surface area contributed by atoms with Crippen LogP contribution in [-0.4, -0.2) is 5.97 Å². The fourth-order valence-electron chi connectivity index (χ4n) is 3.83. The van der Waals surface area contributed by atoms with Gasteiger partial charge in [0, 0.05) is 12.8 Å². The molecular formula is C18H26O2. The molecule has 2 rings (SSSR count). The van der Waals surface area contributed by atoms with E-state index in [1.807, 2.05) is 18.2 Å². The van der Waals surface area contributed by atoms with Crippen molar-refractivity contribution in [2.24, 2.45) is 17.8 Å². The molecule has 3 atom stereocenters. The summed E-state index contributed by atoms with van der Waals surface area (Å²) in [5, 5.41) is 0. The third-order valence-corrected chi connectivity index (χ3v) is 4.61. The summed E-state index contributed by atoms with van der Waals surface area (Å²) in [4.78, 5) is 11.7. The van der Waals surface area contributed by atoms with Gasteiger partial charge in [0.25, 0.3) is 0 Å². The first-order chi connectivity index (χ1) is 9.45. The van der Waals surface area contributed by atoms with Crippen LogP contribution >= 0.6 is 0 Å². The SMILES string of the molecule is CC(=O)OC1(c2ccccc2)CC(C)CCC1C(C)C. The summed E-state index contributed by atoms with van der Waals surface area (Å²) in [6, 6.07) is 10.3. The molecule has 2 heteroatoms. The molecule has 3 unspecified atom stereocenters. The lowest BCUT2D eigenvalue weighted by Gasteiger charge is -2.47. The summed E-state index contributed by atoms with van der Waals surface area (Å²) in [5.74, 6) is 1.31. The van der Waals surface area contributed by atoms with Crippen LogP contribution in [0.5, 0.6) is 0 Å². The molecule has 20 heavy (non-hydrogen) atoms. The highest BCUT2D eigenvalue weighted by Crippen LogP contribution is 2.49. The fourth-order valence-corrected chi connectivity index (χ4v) is 3.83. The second-order valence-corrected chi connectivity index (χ2v) is 6.59. The van der Waals surface area contributed by atoms with Gasteiger partial charge in [-0.25, -0.2) is 0 Å². The standard InChI is InChI=1S/C18H26O2/c1-13(2)17-11-10-14(3)12-18(17,20-15(4)19)16-8-6-5-7-9-16/h5-9,13-14,17H,10-12H2,1-4H3. The maximum atomic E-state index is 11.7. The second-order valence-electron chi connectivity index (χ2n) is 6.59. The molecule has 0 aromatic heterocycles. The Morgan fingerprint density at radius 3 is 2.45 bits per heavy atom. The molecule has 1 aromatic rings. The minimum atomic E-state index is -0.446. The largest absolute Gasteiger partial charge is 0.454 e. The second kappa shape index (κ2) is 5.99. The van der Waals surface area contributed by atoms with Crippen molar-refractivity contribution in [3.8, 4) is 0 Å². The Kier molecular flexibility index (Phi) is 4.52. The van der Waals surface area contributed by atoms with Crippen LogP contribution in [0.15, 0.2) is 30.3 Å². The van der Waals surface area contributed by atoms with E-state index in [1.165, 1.54) is 13.3 Å². The van der Waals surface area contributed by atoms with E-state index >= 15 is 0 Å². The molecule has 1 aliphatic rings. The maximum Gasteiger partial charge on any atom is 0.303 e. The lowest BCUT2D eigenvalue weighted by atomic mass is 9.64. The molecule has 110 valence electrons. The molecule has 0 heterocycles. The van der Waals surface area contributed by atoms with Crippen molar-refractivity contribution in [2.45, 2.75) is 52.6 Å². The van der Waals surface area contributed by atoms with E-state index in [4.69, 9.17) is 4.74 Å². The van der Waals surface area contributed by atoms with Crippen LogP contribution in [0.2, 0.25) is 0 Å². The molecule has 0 radical (unpaired) electrons. The predicted octanol–water partition coefficient (Wildman–Crippen LogP) is 4.54. The maximum absolute atomic E-state index is 11.7. The van der Waals surface area contributed by atoms with E-state index in [9.17, 15) is 4.79 Å². The van der Waals surface area contributed by atoms with E-state index in [2.05, 4.69) is 32.9 Å². The Labute approximate surface area is 122 Å². The van der Waals surface area contributed by atoms with Gasteiger partial charge >= 0.3 is 5.97 Å². The van der Waals surface area contributed by atoms with Crippen molar-refractivity contribution in [1.82, 2.24) is 0 Å². The monoisotopic (exact) mass is 274 g/mol. The average molecular weight is 274 g/mol. The highest BCUT2D eigenvalue weighted by Gasteiger charge is 2.48. The van der Waals surface area contributed by atoms with Crippen LogP contribution < -0.4 is 0 Å². The number of hydrogen-bond acceptors (Lipinski definition) is 2. The van der Waals surface area contributed by atoms with Gasteiger partial charge in [0.15, 0.2) is 0 Å². The Morgan fingerprint density at radius 1 is 1.25 bits per heavy atom. The van der Waals surface area contributed by atoms with Crippen molar-refractivity contribution in [3.63, 3.8) is 0 Å². The van der Waals surface area contributed by atoms with Crippen LogP contribution in [0.3, 0.4) is 0 Å². The minimum absolute atomic E-state index is 0.173. The zero-order valence-corrected chi connectivity index (χ0v) is 13.1. The summed E-state index contributed by atoms with van der Waals surface area (Å²) >= 11 is 0. The molecule has 2 nitrogen and oxygen atoms in total. The van der Waals surface area contributed by atoms with Gasteiger partial charge in [-0.3, -0.25) is 4.79 Å². The number of carbonyl (C=O) groups excluding carboxylic acids is 1. The van der Waals surface area contributed by atoms with Crippen LogP contribution in [-0.2, 0) is 15.1 Å². The first-order valence-corrected chi connectivity index (χ1v) is 7.71. The molecule has 0 N–H and O–H groups in total. The van der Waals surface area contributed by atoms with E-state index in [0.717, 1.165) is 18.4 Å². The Morgan fingerprint density at radius 2 is 1.90 bits per heavy atom. The third-order valence-electron chi connectivity index (χ3n) is 4.61. The van der Waals surface area contributed by atoms with Crippen molar-refractivity contribution in [2.75, 3.05) is 0 Å². The molecule has 1 fully saturated rings. The number of esters is 1. The smallest absolute Gasteiger partial charge is 0.303 e. The molecule has 1 aromatic carbocycles. The number of benzene rings is 1. The first kappa shape index (κ1) is 15.1. The molecule has 0 spiro atoms. The predicted molar refractivity (Wildman–Crippen MR) is 81.2 cm³/mol. The molecule has 1 aliphatic carbocycles. The molecular weight excluding hydrogens is 248 g/mol. The van der Waals surface area contributed by atoms with E-state index in [0.29, 0.717) is 17.8 Å². The lowest BCUT2D eigenvalue weighted by Crippen LogP contribution is -2.46. The number of carbonyl (C=O) groups is 1. The Bertz CT molecular complexity index is 452. The summed E-state index contributed by atoms with van der Waals surface area (Å²) in [6.45, 7) is 8.27. The normalized spacial score (nSPS) is 30.2. The molecule has 0 aliphatic heterocycles. The zero-order valence-electron chi connectivity index (χ0n) is 13.1. The highest BCUT2D eigenvalue weighted by atomic mass is 16.6. The van der Waals surface area contributed by atoms with E-state index in [-0.39, 0.29) is 5.97 Å².